The van der Waals surface area contributed by atoms with E-state index >= 15 is 0 Å². The molecule has 2 saturated heterocycles. The zero-order chi connectivity index (χ0) is 19.2. The van der Waals surface area contributed by atoms with Crippen LogP contribution in [0.4, 0.5) is 5.69 Å². The highest BCUT2D eigenvalue weighted by Gasteiger charge is 2.34. The van der Waals surface area contributed by atoms with E-state index in [0.29, 0.717) is 30.3 Å². The maximum absolute atomic E-state index is 12.6. The molecule has 1 N–H and O–H groups in total. The smallest absolute Gasteiger partial charge is 0.229 e. The number of morpholine rings is 1. The third-order valence-corrected chi connectivity index (χ3v) is 5.03. The van der Waals surface area contributed by atoms with Crippen molar-refractivity contribution in [3.05, 3.63) is 18.2 Å². The van der Waals surface area contributed by atoms with E-state index in [0.717, 1.165) is 32.8 Å². The number of nitrogens with zero attached hydrogens (tertiary/aromatic N) is 2. The van der Waals surface area contributed by atoms with Gasteiger partial charge in [-0.1, -0.05) is 0 Å². The minimum Gasteiger partial charge on any atom is -0.493 e. The number of ether oxygens (including phenoxy) is 3. The highest BCUT2D eigenvalue weighted by atomic mass is 16.5. The van der Waals surface area contributed by atoms with E-state index in [2.05, 4.69) is 10.2 Å². The van der Waals surface area contributed by atoms with Crippen LogP contribution in [-0.2, 0) is 14.3 Å². The molecule has 0 spiro atoms. The van der Waals surface area contributed by atoms with Crippen LogP contribution in [-0.4, -0.2) is 81.8 Å². The monoisotopic (exact) mass is 377 g/mol. The van der Waals surface area contributed by atoms with E-state index in [-0.39, 0.29) is 24.2 Å². The van der Waals surface area contributed by atoms with Gasteiger partial charge in [-0.3, -0.25) is 14.5 Å². The van der Waals surface area contributed by atoms with Crippen LogP contribution in [0, 0.1) is 5.92 Å². The Balaban J connectivity index is 1.52. The van der Waals surface area contributed by atoms with Crippen molar-refractivity contribution >= 4 is 17.5 Å². The minimum absolute atomic E-state index is 0.0377. The first-order valence-corrected chi connectivity index (χ1v) is 9.21. The standard InChI is InChI=1S/C19H27N3O5/c1-25-16-4-3-15(12-17(16)26-2)20-19(24)14-11-18(23)22(13-14)6-5-21-7-9-27-10-8-21/h3-4,12,14H,5-11,13H2,1-2H3,(H,20,24). The molecule has 1 unspecified atom stereocenters. The van der Waals surface area contributed by atoms with Crippen molar-refractivity contribution in [3.63, 3.8) is 0 Å². The summed E-state index contributed by atoms with van der Waals surface area (Å²) in [5.74, 6) is 0.696. The SMILES string of the molecule is COc1ccc(NC(=O)C2CC(=O)N(CCN3CCOCC3)C2)cc1OC. The molecule has 2 fully saturated rings. The number of carbonyl (C=O) groups excluding carboxylic acids is 2. The van der Waals surface area contributed by atoms with Crippen LogP contribution in [0.2, 0.25) is 0 Å². The zero-order valence-electron chi connectivity index (χ0n) is 15.9. The molecule has 27 heavy (non-hydrogen) atoms. The van der Waals surface area contributed by atoms with E-state index in [1.807, 2.05) is 0 Å². The van der Waals surface area contributed by atoms with Gasteiger partial charge < -0.3 is 24.4 Å². The fourth-order valence-electron chi connectivity index (χ4n) is 3.41. The van der Waals surface area contributed by atoms with Gasteiger partial charge >= 0.3 is 0 Å². The topological polar surface area (TPSA) is 80.3 Å². The second-order valence-corrected chi connectivity index (χ2v) is 6.75. The van der Waals surface area contributed by atoms with Gasteiger partial charge in [-0.25, -0.2) is 0 Å². The molecule has 2 aliphatic rings. The van der Waals surface area contributed by atoms with Gasteiger partial charge in [0.1, 0.15) is 0 Å². The van der Waals surface area contributed by atoms with Crippen LogP contribution in [0.25, 0.3) is 0 Å². The Bertz CT molecular complexity index is 675. The van der Waals surface area contributed by atoms with Crippen molar-refractivity contribution in [1.29, 1.82) is 0 Å². The lowest BCUT2D eigenvalue weighted by molar-refractivity contribution is -0.128. The van der Waals surface area contributed by atoms with Crippen molar-refractivity contribution in [2.75, 3.05) is 65.5 Å². The summed E-state index contributed by atoms with van der Waals surface area (Å²) in [5.41, 5.74) is 0.622. The summed E-state index contributed by atoms with van der Waals surface area (Å²) in [6.07, 6.45) is 0.252. The molecule has 8 heteroatoms. The molecule has 0 aliphatic carbocycles. The second kappa shape index (κ2) is 9.05. The van der Waals surface area contributed by atoms with E-state index in [1.54, 1.807) is 37.3 Å². The zero-order valence-corrected chi connectivity index (χ0v) is 15.9. The summed E-state index contributed by atoms with van der Waals surface area (Å²) in [7, 11) is 3.11. The fourth-order valence-corrected chi connectivity index (χ4v) is 3.41. The predicted molar refractivity (Wildman–Crippen MR) is 100 cm³/mol. The fraction of sp³-hybridized carbons (Fsp3) is 0.579. The van der Waals surface area contributed by atoms with Crippen molar-refractivity contribution in [2.24, 2.45) is 5.92 Å². The molecule has 1 aromatic carbocycles. The first kappa shape index (κ1) is 19.4. The van der Waals surface area contributed by atoms with Gasteiger partial charge in [-0.2, -0.15) is 0 Å². The number of hydrogen-bond acceptors (Lipinski definition) is 6. The summed E-state index contributed by atoms with van der Waals surface area (Å²) in [5, 5.41) is 2.88. The minimum atomic E-state index is -0.338. The predicted octanol–water partition coefficient (Wildman–Crippen LogP) is 0.823. The van der Waals surface area contributed by atoms with Gasteiger partial charge in [0.05, 0.1) is 33.4 Å². The lowest BCUT2D eigenvalue weighted by Gasteiger charge is -2.28. The number of nitrogens with one attached hydrogen (secondary N) is 1. The first-order chi connectivity index (χ1) is 13.1. The number of amides is 2. The van der Waals surface area contributed by atoms with Crippen LogP contribution in [0.3, 0.4) is 0 Å². The van der Waals surface area contributed by atoms with Crippen LogP contribution in [0.5, 0.6) is 11.5 Å². The molecule has 1 atom stereocenters. The third-order valence-electron chi connectivity index (χ3n) is 5.03. The van der Waals surface area contributed by atoms with Crippen LogP contribution < -0.4 is 14.8 Å². The maximum Gasteiger partial charge on any atom is 0.229 e. The van der Waals surface area contributed by atoms with Crippen LogP contribution >= 0.6 is 0 Å². The van der Waals surface area contributed by atoms with Gasteiger partial charge in [0.15, 0.2) is 11.5 Å². The first-order valence-electron chi connectivity index (χ1n) is 9.21. The lowest BCUT2D eigenvalue weighted by atomic mass is 10.1. The van der Waals surface area contributed by atoms with E-state index in [1.165, 1.54) is 0 Å². The Kier molecular flexibility index (Phi) is 6.52. The average Bonchev–Trinajstić information content (AvgIpc) is 3.08. The number of methoxy groups -OCH3 is 2. The quantitative estimate of drug-likeness (QED) is 0.758. The molecule has 0 aromatic heterocycles. The highest BCUT2D eigenvalue weighted by molar-refractivity contribution is 5.97. The van der Waals surface area contributed by atoms with Gasteiger partial charge in [-0.05, 0) is 12.1 Å². The van der Waals surface area contributed by atoms with Gasteiger partial charge in [0, 0.05) is 50.9 Å². The van der Waals surface area contributed by atoms with E-state index < -0.39 is 0 Å². The summed E-state index contributed by atoms with van der Waals surface area (Å²) in [4.78, 5) is 28.9. The van der Waals surface area contributed by atoms with E-state index in [4.69, 9.17) is 14.2 Å². The van der Waals surface area contributed by atoms with Crippen molar-refractivity contribution in [1.82, 2.24) is 9.80 Å². The molecule has 0 bridgehead atoms. The van der Waals surface area contributed by atoms with Gasteiger partial charge in [0.25, 0.3) is 0 Å². The largest absolute Gasteiger partial charge is 0.493 e. The van der Waals surface area contributed by atoms with E-state index in [9.17, 15) is 9.59 Å². The number of hydrogen-bond donors (Lipinski definition) is 1. The Morgan fingerprint density at radius 3 is 2.63 bits per heavy atom. The molecular weight excluding hydrogens is 350 g/mol. The Morgan fingerprint density at radius 2 is 1.93 bits per heavy atom. The summed E-state index contributed by atoms with van der Waals surface area (Å²) >= 11 is 0. The summed E-state index contributed by atoms with van der Waals surface area (Å²) < 4.78 is 15.8. The molecule has 1 aromatic rings. The molecule has 3 rings (SSSR count). The van der Waals surface area contributed by atoms with Crippen molar-refractivity contribution in [3.8, 4) is 11.5 Å². The molecule has 8 nitrogen and oxygen atoms in total. The Hall–Kier alpha value is -2.32. The van der Waals surface area contributed by atoms with Crippen molar-refractivity contribution in [2.45, 2.75) is 6.42 Å². The Labute approximate surface area is 159 Å². The molecule has 2 aliphatic heterocycles. The number of likely N-dealkylation sites (tertiary alicyclic amines) is 1. The number of rotatable bonds is 7. The number of anilines is 1. The number of carbonyl (C=O) groups is 2. The Morgan fingerprint density at radius 1 is 1.19 bits per heavy atom. The van der Waals surface area contributed by atoms with Crippen LogP contribution in [0.1, 0.15) is 6.42 Å². The summed E-state index contributed by atoms with van der Waals surface area (Å²) in [6.45, 7) is 5.20. The molecule has 0 saturated carbocycles. The van der Waals surface area contributed by atoms with Gasteiger partial charge in [0.2, 0.25) is 11.8 Å². The van der Waals surface area contributed by atoms with Crippen molar-refractivity contribution < 1.29 is 23.8 Å². The highest BCUT2D eigenvalue weighted by Crippen LogP contribution is 2.30. The lowest BCUT2D eigenvalue weighted by Crippen LogP contribution is -2.42. The third kappa shape index (κ3) is 4.90. The molecule has 0 radical (unpaired) electrons. The second-order valence-electron chi connectivity index (χ2n) is 6.75. The molecular formula is C19H27N3O5. The maximum atomic E-state index is 12.6. The number of benzene rings is 1. The molecule has 2 heterocycles. The average molecular weight is 377 g/mol. The van der Waals surface area contributed by atoms with Crippen LogP contribution in [0.15, 0.2) is 18.2 Å². The normalized spacial score (nSPS) is 20.6. The molecule has 148 valence electrons. The van der Waals surface area contributed by atoms with Gasteiger partial charge in [-0.15, -0.1) is 0 Å². The molecule has 2 amide bonds. The summed E-state index contributed by atoms with van der Waals surface area (Å²) in [6, 6.07) is 5.21.